The van der Waals surface area contributed by atoms with Gasteiger partial charge in [0.2, 0.25) is 0 Å². The molecule has 198 valence electrons. The molecule has 4 heterocycles. The Hall–Kier alpha value is -3.90. The van der Waals surface area contributed by atoms with Crippen LogP contribution < -0.4 is 21.7 Å². The molecule has 5 rings (SSSR count). The molecule has 0 bridgehead atoms. The number of pyridine rings is 2. The van der Waals surface area contributed by atoms with Gasteiger partial charge in [0.15, 0.2) is 0 Å². The second-order valence-electron chi connectivity index (χ2n) is 9.22. The van der Waals surface area contributed by atoms with Crippen LogP contribution >= 0.6 is 11.3 Å². The lowest BCUT2D eigenvalue weighted by Crippen LogP contribution is -2.30. The summed E-state index contributed by atoms with van der Waals surface area (Å²) in [4.78, 5) is 38.5. The van der Waals surface area contributed by atoms with E-state index in [0.717, 1.165) is 33.9 Å². The van der Waals surface area contributed by atoms with E-state index in [4.69, 9.17) is 9.40 Å². The minimum atomic E-state index is -0.638. The van der Waals surface area contributed by atoms with E-state index in [2.05, 4.69) is 36.1 Å². The Kier molecular flexibility index (Phi) is 7.89. The van der Waals surface area contributed by atoms with Crippen LogP contribution in [0.5, 0.6) is 0 Å². The van der Waals surface area contributed by atoms with Crippen LogP contribution in [0.25, 0.3) is 33.2 Å². The molecule has 1 aliphatic carbocycles. The quantitative estimate of drug-likeness (QED) is 0.258. The molecule has 0 aliphatic heterocycles. The maximum Gasteiger partial charge on any atom is 0.434 e. The fourth-order valence-corrected chi connectivity index (χ4v) is 5.60. The number of thiazole rings is 1. The highest BCUT2D eigenvalue weighted by Gasteiger charge is 2.19. The molecular formula is C26H30N8O3S. The van der Waals surface area contributed by atoms with Crippen LogP contribution in [0.15, 0.2) is 39.9 Å². The summed E-state index contributed by atoms with van der Waals surface area (Å²) in [6.45, 7) is 5.15. The molecule has 4 N–H and O–H groups in total. The van der Waals surface area contributed by atoms with E-state index in [1.807, 2.05) is 26.0 Å². The number of nitrogens with zero attached hydrogens (tertiary/aromatic N) is 4. The number of carbonyl (C=O) groups is 1. The lowest BCUT2D eigenvalue weighted by atomic mass is 9.95. The van der Waals surface area contributed by atoms with Gasteiger partial charge in [-0.15, -0.1) is 16.4 Å². The zero-order valence-electron chi connectivity index (χ0n) is 21.3. The first-order valence-corrected chi connectivity index (χ1v) is 13.6. The van der Waals surface area contributed by atoms with Gasteiger partial charge in [0.05, 0.1) is 11.3 Å². The van der Waals surface area contributed by atoms with E-state index in [1.54, 1.807) is 29.9 Å². The van der Waals surface area contributed by atoms with Gasteiger partial charge in [-0.3, -0.25) is 10.3 Å². The lowest BCUT2D eigenvalue weighted by molar-refractivity contribution is 0.252. The van der Waals surface area contributed by atoms with Crippen molar-refractivity contribution in [1.29, 1.82) is 0 Å². The van der Waals surface area contributed by atoms with Gasteiger partial charge in [0, 0.05) is 59.3 Å². The van der Waals surface area contributed by atoms with Crippen LogP contribution in [0.4, 0.5) is 10.6 Å². The molecule has 0 spiro atoms. The SMILES string of the molecule is CCNC(=O)Nc1cc(-c2nc(C)c(CNC3CCCCC3)s2)c(-c2cncc(-c3n[nH]c(=O)o3)c2)cn1. The smallest absolute Gasteiger partial charge is 0.388 e. The molecule has 12 heteroatoms. The largest absolute Gasteiger partial charge is 0.434 e. The number of urea groups is 1. The van der Waals surface area contributed by atoms with Crippen LogP contribution in [0.2, 0.25) is 0 Å². The molecule has 1 fully saturated rings. The summed E-state index contributed by atoms with van der Waals surface area (Å²) in [5.74, 6) is -0.0810. The average molecular weight is 535 g/mol. The first-order valence-electron chi connectivity index (χ1n) is 12.8. The number of aromatic amines is 1. The normalized spacial score (nSPS) is 13.9. The van der Waals surface area contributed by atoms with E-state index in [1.165, 1.54) is 37.0 Å². The molecule has 1 aliphatic rings. The van der Waals surface area contributed by atoms with Crippen LogP contribution in [0.3, 0.4) is 0 Å². The van der Waals surface area contributed by atoms with Crippen molar-refractivity contribution < 1.29 is 9.21 Å². The van der Waals surface area contributed by atoms with Gasteiger partial charge in [-0.2, -0.15) is 0 Å². The topological polar surface area (TPSA) is 151 Å². The predicted molar refractivity (Wildman–Crippen MR) is 146 cm³/mol. The number of nitrogens with one attached hydrogen (secondary N) is 4. The molecule has 0 aromatic carbocycles. The number of anilines is 1. The minimum absolute atomic E-state index is 0.148. The zero-order chi connectivity index (χ0) is 26.5. The van der Waals surface area contributed by atoms with Crippen LogP contribution in [0.1, 0.15) is 49.6 Å². The van der Waals surface area contributed by atoms with Gasteiger partial charge in [0.25, 0.3) is 5.89 Å². The third-order valence-corrected chi connectivity index (χ3v) is 7.69. The Morgan fingerprint density at radius 1 is 1.13 bits per heavy atom. The Morgan fingerprint density at radius 3 is 2.71 bits per heavy atom. The molecule has 4 aromatic heterocycles. The third kappa shape index (κ3) is 5.97. The number of amides is 2. The van der Waals surface area contributed by atoms with E-state index < -0.39 is 5.76 Å². The maximum atomic E-state index is 12.2. The molecule has 0 saturated heterocycles. The molecule has 11 nitrogen and oxygen atoms in total. The van der Waals surface area contributed by atoms with Crippen molar-refractivity contribution in [2.45, 2.75) is 58.5 Å². The number of aromatic nitrogens is 5. The summed E-state index contributed by atoms with van der Waals surface area (Å²) in [7, 11) is 0. The molecule has 2 amide bonds. The van der Waals surface area contributed by atoms with Crippen LogP contribution in [-0.2, 0) is 6.54 Å². The third-order valence-electron chi connectivity index (χ3n) is 6.50. The summed E-state index contributed by atoms with van der Waals surface area (Å²) in [5, 5.41) is 16.2. The number of hydrogen-bond donors (Lipinski definition) is 4. The fraction of sp³-hybridized carbons (Fsp3) is 0.385. The standard InChI is InChI=1S/C26H30N8O3S/c1-3-28-25(35)32-22-10-19(24-31-15(2)21(38-24)14-29-18-7-5-4-6-8-18)20(13-30-22)16-9-17(12-27-11-16)23-33-34-26(36)37-23/h9-13,18,29H,3-8,14H2,1-2H3,(H,34,36)(H2,28,30,32,35). The minimum Gasteiger partial charge on any atom is -0.388 e. The van der Waals surface area contributed by atoms with Crippen molar-refractivity contribution >= 4 is 23.2 Å². The monoisotopic (exact) mass is 534 g/mol. The Bertz CT molecular complexity index is 1470. The van der Waals surface area contributed by atoms with Crippen molar-refractivity contribution in [3.8, 4) is 33.2 Å². The van der Waals surface area contributed by atoms with Gasteiger partial charge >= 0.3 is 11.8 Å². The van der Waals surface area contributed by atoms with E-state index in [9.17, 15) is 9.59 Å². The fourth-order valence-electron chi connectivity index (χ4n) is 4.56. The van der Waals surface area contributed by atoms with Crippen molar-refractivity contribution in [2.24, 2.45) is 0 Å². The van der Waals surface area contributed by atoms with Crippen LogP contribution in [0, 0.1) is 6.92 Å². The summed E-state index contributed by atoms with van der Waals surface area (Å²) in [6, 6.07) is 3.87. The van der Waals surface area contributed by atoms with Crippen molar-refractivity contribution in [1.82, 2.24) is 35.8 Å². The maximum absolute atomic E-state index is 12.2. The summed E-state index contributed by atoms with van der Waals surface area (Å²) in [5.41, 5.74) is 3.85. The van der Waals surface area contributed by atoms with Crippen molar-refractivity contribution in [3.05, 3.63) is 51.8 Å². The molecule has 0 atom stereocenters. The Balaban J connectivity index is 1.50. The van der Waals surface area contributed by atoms with Gasteiger partial charge in [0.1, 0.15) is 10.8 Å². The van der Waals surface area contributed by atoms with Crippen molar-refractivity contribution in [2.75, 3.05) is 11.9 Å². The van der Waals surface area contributed by atoms with Crippen molar-refractivity contribution in [3.63, 3.8) is 0 Å². The number of carbonyl (C=O) groups excluding carboxylic acids is 1. The molecule has 0 unspecified atom stereocenters. The van der Waals surface area contributed by atoms with Gasteiger partial charge in [-0.05, 0) is 38.8 Å². The molecule has 1 saturated carbocycles. The number of hydrogen-bond acceptors (Lipinski definition) is 9. The lowest BCUT2D eigenvalue weighted by Gasteiger charge is -2.22. The van der Waals surface area contributed by atoms with E-state index >= 15 is 0 Å². The van der Waals surface area contributed by atoms with Gasteiger partial charge in [-0.25, -0.2) is 24.7 Å². The first kappa shape index (κ1) is 25.7. The highest BCUT2D eigenvalue weighted by molar-refractivity contribution is 7.15. The summed E-state index contributed by atoms with van der Waals surface area (Å²) >= 11 is 1.62. The Morgan fingerprint density at radius 2 is 1.95 bits per heavy atom. The molecule has 0 radical (unpaired) electrons. The average Bonchev–Trinajstić information content (AvgIpc) is 3.53. The summed E-state index contributed by atoms with van der Waals surface area (Å²) in [6.07, 6.45) is 11.3. The highest BCUT2D eigenvalue weighted by atomic mass is 32.1. The molecular weight excluding hydrogens is 504 g/mol. The predicted octanol–water partition coefficient (Wildman–Crippen LogP) is 4.48. The Labute approximate surface area is 223 Å². The van der Waals surface area contributed by atoms with Gasteiger partial charge in [-0.1, -0.05) is 19.3 Å². The van der Waals surface area contributed by atoms with E-state index in [-0.39, 0.29) is 11.9 Å². The number of H-pyrrole nitrogens is 1. The molecule has 38 heavy (non-hydrogen) atoms. The first-order chi connectivity index (χ1) is 18.5. The number of rotatable bonds is 8. The number of aryl methyl sites for hydroxylation is 1. The highest BCUT2D eigenvalue weighted by Crippen LogP contribution is 2.37. The zero-order valence-corrected chi connectivity index (χ0v) is 22.2. The second kappa shape index (κ2) is 11.7. The van der Waals surface area contributed by atoms with E-state index in [0.29, 0.717) is 24.0 Å². The van der Waals surface area contributed by atoms with Crippen LogP contribution in [-0.4, -0.2) is 43.8 Å². The van der Waals surface area contributed by atoms with Gasteiger partial charge < -0.3 is 15.1 Å². The summed E-state index contributed by atoms with van der Waals surface area (Å²) < 4.78 is 5.11. The molecule has 4 aromatic rings. The second-order valence-corrected chi connectivity index (χ2v) is 10.3.